The van der Waals surface area contributed by atoms with Crippen LogP contribution in [-0.4, -0.2) is 69.4 Å². The second-order valence-corrected chi connectivity index (χ2v) is 23.3. The molecule has 0 saturated carbocycles. The lowest BCUT2D eigenvalue weighted by Crippen LogP contribution is -2.47. The maximum atomic E-state index is 13.5. The van der Waals surface area contributed by atoms with Crippen LogP contribution in [0, 0.1) is 0 Å². The van der Waals surface area contributed by atoms with Crippen LogP contribution >= 0.6 is 7.82 Å². The fourth-order valence-electron chi connectivity index (χ4n) is 8.50. The molecular formula is C65H117N2O7P. The molecule has 0 aliphatic carbocycles. The van der Waals surface area contributed by atoms with Crippen LogP contribution in [0.4, 0.5) is 0 Å². The van der Waals surface area contributed by atoms with Gasteiger partial charge in [-0.3, -0.25) is 14.2 Å². The first-order valence-corrected chi connectivity index (χ1v) is 32.4. The lowest BCUT2D eigenvalue weighted by molar-refractivity contribution is -0.870. The van der Waals surface area contributed by atoms with Crippen LogP contribution in [0.2, 0.25) is 0 Å². The number of carbonyl (C=O) groups excluding carboxylic acids is 2. The van der Waals surface area contributed by atoms with Crippen molar-refractivity contribution in [1.29, 1.82) is 0 Å². The molecule has 0 saturated heterocycles. The normalized spacial score (nSPS) is 14.3. The summed E-state index contributed by atoms with van der Waals surface area (Å²) >= 11 is 0. The molecule has 0 aliphatic heterocycles. The summed E-state index contributed by atoms with van der Waals surface area (Å²) in [5.41, 5.74) is 0. The van der Waals surface area contributed by atoms with Gasteiger partial charge in [-0.2, -0.15) is 0 Å². The van der Waals surface area contributed by atoms with Gasteiger partial charge in [0, 0.05) is 12.8 Å². The van der Waals surface area contributed by atoms with Crippen LogP contribution in [0.3, 0.4) is 0 Å². The molecule has 1 N–H and O–H groups in total. The first-order chi connectivity index (χ1) is 36.4. The molecule has 10 heteroatoms. The molecule has 3 atom stereocenters. The molecule has 0 fully saturated rings. The maximum absolute atomic E-state index is 13.5. The minimum atomic E-state index is -4.71. The summed E-state index contributed by atoms with van der Waals surface area (Å²) in [6.07, 6.45) is 71.4. The quantitative estimate of drug-likeness (QED) is 0.0212. The third-order valence-corrected chi connectivity index (χ3v) is 14.3. The Morgan fingerprint density at radius 2 is 0.827 bits per heavy atom. The Kier molecular flexibility index (Phi) is 52.5. The van der Waals surface area contributed by atoms with Crippen molar-refractivity contribution in [3.05, 3.63) is 85.1 Å². The number of rotatable bonds is 55. The largest absolute Gasteiger partial charge is 0.756 e. The predicted octanol–water partition coefficient (Wildman–Crippen LogP) is 18.4. The molecule has 0 radical (unpaired) electrons. The zero-order valence-electron chi connectivity index (χ0n) is 49.5. The van der Waals surface area contributed by atoms with Gasteiger partial charge in [0.25, 0.3) is 7.82 Å². The molecule has 75 heavy (non-hydrogen) atoms. The average molecular weight is 1070 g/mol. The summed E-state index contributed by atoms with van der Waals surface area (Å²) in [6.45, 7) is 6.75. The lowest BCUT2D eigenvalue weighted by Gasteiger charge is -2.30. The molecule has 0 aromatic heterocycles. The number of allylic oxidation sites excluding steroid dienone is 13. The molecule has 1 amide bonds. The molecule has 434 valence electrons. The summed E-state index contributed by atoms with van der Waals surface area (Å²) in [5.74, 6) is -0.628. The van der Waals surface area contributed by atoms with E-state index in [1.54, 1.807) is 6.08 Å². The third-order valence-electron chi connectivity index (χ3n) is 13.3. The number of hydrogen-bond donors (Lipinski definition) is 1. The highest BCUT2D eigenvalue weighted by Crippen LogP contribution is 2.38. The summed E-state index contributed by atoms with van der Waals surface area (Å²) in [5, 5.41) is 3.01. The minimum absolute atomic E-state index is 0.0342. The first kappa shape index (κ1) is 72.2. The van der Waals surface area contributed by atoms with Gasteiger partial charge in [0.2, 0.25) is 5.91 Å². The van der Waals surface area contributed by atoms with Crippen LogP contribution in [0.15, 0.2) is 85.1 Å². The van der Waals surface area contributed by atoms with Crippen molar-refractivity contribution >= 4 is 19.7 Å². The number of hydrogen-bond acceptors (Lipinski definition) is 7. The van der Waals surface area contributed by atoms with Gasteiger partial charge in [0.05, 0.1) is 33.8 Å². The van der Waals surface area contributed by atoms with Gasteiger partial charge < -0.3 is 28.5 Å². The molecule has 0 heterocycles. The number of nitrogens with one attached hydrogen (secondary N) is 1. The van der Waals surface area contributed by atoms with E-state index in [2.05, 4.69) is 92.9 Å². The second-order valence-electron chi connectivity index (χ2n) is 21.8. The van der Waals surface area contributed by atoms with Crippen molar-refractivity contribution in [2.24, 2.45) is 0 Å². The maximum Gasteiger partial charge on any atom is 0.306 e. The van der Waals surface area contributed by atoms with Gasteiger partial charge in [-0.1, -0.05) is 241 Å². The minimum Gasteiger partial charge on any atom is -0.756 e. The van der Waals surface area contributed by atoms with E-state index in [4.69, 9.17) is 13.8 Å². The van der Waals surface area contributed by atoms with Gasteiger partial charge in [-0.25, -0.2) is 0 Å². The van der Waals surface area contributed by atoms with Crippen LogP contribution in [0.5, 0.6) is 0 Å². The summed E-state index contributed by atoms with van der Waals surface area (Å²) < 4.78 is 30.2. The third kappa shape index (κ3) is 55.7. The Labute approximate surface area is 463 Å². The highest BCUT2D eigenvalue weighted by atomic mass is 31.2. The Hall–Kier alpha value is -2.81. The zero-order valence-corrected chi connectivity index (χ0v) is 50.4. The van der Waals surface area contributed by atoms with Crippen LogP contribution in [-0.2, 0) is 27.9 Å². The Morgan fingerprint density at radius 3 is 1.27 bits per heavy atom. The fourth-order valence-corrected chi connectivity index (χ4v) is 9.22. The van der Waals surface area contributed by atoms with Crippen molar-refractivity contribution < 1.29 is 37.3 Å². The molecule has 0 aromatic carbocycles. The van der Waals surface area contributed by atoms with Gasteiger partial charge in [0.15, 0.2) is 0 Å². The Morgan fingerprint density at radius 1 is 0.467 bits per heavy atom. The van der Waals surface area contributed by atoms with Crippen molar-refractivity contribution in [1.82, 2.24) is 5.32 Å². The molecule has 3 unspecified atom stereocenters. The number of esters is 1. The van der Waals surface area contributed by atoms with E-state index < -0.39 is 32.5 Å². The first-order valence-electron chi connectivity index (χ1n) is 30.9. The van der Waals surface area contributed by atoms with Gasteiger partial charge in [-0.15, -0.1) is 0 Å². The molecule has 0 aliphatic rings. The lowest BCUT2D eigenvalue weighted by atomic mass is 10.0. The van der Waals surface area contributed by atoms with E-state index in [1.807, 2.05) is 33.3 Å². The Balaban J connectivity index is 5.18. The topological polar surface area (TPSA) is 114 Å². The number of phosphoric acid groups is 1. The van der Waals surface area contributed by atoms with Crippen LogP contribution < -0.4 is 10.2 Å². The zero-order chi connectivity index (χ0) is 55.0. The molecule has 0 bridgehead atoms. The number of quaternary nitrogens is 1. The van der Waals surface area contributed by atoms with E-state index in [0.29, 0.717) is 23.9 Å². The highest BCUT2D eigenvalue weighted by molar-refractivity contribution is 7.45. The smallest absolute Gasteiger partial charge is 0.306 e. The van der Waals surface area contributed by atoms with E-state index in [1.165, 1.54) is 141 Å². The number of nitrogens with zero attached hydrogens (tertiary/aromatic N) is 1. The second kappa shape index (κ2) is 54.5. The molecule has 9 nitrogen and oxygen atoms in total. The number of amides is 1. The summed E-state index contributed by atoms with van der Waals surface area (Å²) in [4.78, 5) is 39.9. The van der Waals surface area contributed by atoms with E-state index in [9.17, 15) is 19.0 Å². The Bertz CT molecular complexity index is 1560. The number of unbranched alkanes of at least 4 members (excludes halogenated alkanes) is 27. The van der Waals surface area contributed by atoms with Gasteiger partial charge >= 0.3 is 5.97 Å². The SMILES string of the molecule is CCCCC/C=C\C/C=C\C/C=C\C/C=C\CCCCCCCCCCCC(=O)NC(COP(=O)([O-])OCC[N+](C)(C)C)C(/C=C\CCCCCCCCCCC)OC(=O)CC/C=C/C/C=C\CCCCCCCC. The predicted molar refractivity (Wildman–Crippen MR) is 321 cm³/mol. The van der Waals surface area contributed by atoms with E-state index >= 15 is 0 Å². The number of ether oxygens (including phenoxy) is 1. The van der Waals surface area contributed by atoms with Crippen LogP contribution in [0.25, 0.3) is 0 Å². The average Bonchev–Trinajstić information content (AvgIpc) is 3.37. The summed E-state index contributed by atoms with van der Waals surface area (Å²) in [6, 6.07) is -0.917. The monoisotopic (exact) mass is 1070 g/mol. The number of carbonyl (C=O) groups is 2. The van der Waals surface area contributed by atoms with E-state index in [0.717, 1.165) is 83.5 Å². The van der Waals surface area contributed by atoms with Crippen LogP contribution in [0.1, 0.15) is 265 Å². The molecule has 0 spiro atoms. The van der Waals surface area contributed by atoms with Crippen molar-refractivity contribution in [2.75, 3.05) is 40.9 Å². The fraction of sp³-hybridized carbons (Fsp3) is 0.754. The van der Waals surface area contributed by atoms with Crippen molar-refractivity contribution in [2.45, 2.75) is 277 Å². The number of likely N-dealkylation sites (N-methyl/N-ethyl adjacent to an activating group) is 1. The molecule has 0 rings (SSSR count). The van der Waals surface area contributed by atoms with E-state index in [-0.39, 0.29) is 18.9 Å². The standard InChI is InChI=1S/C65H117N2O7P/c1-7-10-13-16-19-22-25-27-28-29-30-31-32-33-34-35-36-37-38-40-42-45-48-51-54-57-64(68)66-62(61-73-75(70,71)72-60-59-67(4,5)6)63(56-53-50-47-44-41-24-21-18-15-12-9-3)74-65(69)58-55-52-49-46-43-39-26-23-20-17-14-11-8-2/h19,22,27-28,30-31,33-34,39,43,49,52-53,56,62-63H,7-18,20-21,23-26,29,32,35-38,40-42,44-48,50-51,54-55,57-61H2,1-6H3,(H-,66,68,70,71)/b22-19-,28-27-,31-30-,34-33-,43-39-,52-49+,56-53-. The molecule has 0 aromatic rings. The highest BCUT2D eigenvalue weighted by Gasteiger charge is 2.27. The summed E-state index contributed by atoms with van der Waals surface area (Å²) in [7, 11) is 1.15. The number of phosphoric ester groups is 1. The van der Waals surface area contributed by atoms with Gasteiger partial charge in [0.1, 0.15) is 19.3 Å². The van der Waals surface area contributed by atoms with Gasteiger partial charge in [-0.05, 0) is 96.0 Å². The van der Waals surface area contributed by atoms with Crippen molar-refractivity contribution in [3.63, 3.8) is 0 Å². The van der Waals surface area contributed by atoms with Crippen molar-refractivity contribution in [3.8, 4) is 0 Å². The molecular weight excluding hydrogens is 952 g/mol.